The quantitative estimate of drug-likeness (QED) is 0.704. The van der Waals surface area contributed by atoms with E-state index in [4.69, 9.17) is 0 Å². The van der Waals surface area contributed by atoms with Gasteiger partial charge in [0.05, 0.1) is 11.2 Å². The molecule has 0 aliphatic rings. The highest BCUT2D eigenvalue weighted by atomic mass is 32.1. The number of nitrogens with zero attached hydrogens (tertiary/aromatic N) is 5. The summed E-state index contributed by atoms with van der Waals surface area (Å²) >= 11 is 1.61. The maximum Gasteiger partial charge on any atom is 0.245 e. The van der Waals surface area contributed by atoms with Crippen molar-refractivity contribution >= 4 is 17.2 Å². The molecule has 24 heavy (non-hydrogen) atoms. The van der Waals surface area contributed by atoms with Gasteiger partial charge in [0, 0.05) is 24.3 Å². The highest BCUT2D eigenvalue weighted by Crippen LogP contribution is 2.14. The van der Waals surface area contributed by atoms with Gasteiger partial charge >= 0.3 is 0 Å². The maximum atomic E-state index is 12.6. The summed E-state index contributed by atoms with van der Waals surface area (Å²) < 4.78 is 1.50. The molecule has 1 amide bonds. The molecule has 0 aliphatic heterocycles. The number of hydrogen-bond acceptors (Lipinski definition) is 6. The van der Waals surface area contributed by atoms with Crippen molar-refractivity contribution < 1.29 is 4.79 Å². The van der Waals surface area contributed by atoms with E-state index in [1.807, 2.05) is 42.8 Å². The topological polar surface area (TPSA) is 85.6 Å². The van der Waals surface area contributed by atoms with Crippen LogP contribution in [0.4, 0.5) is 0 Å². The molecule has 0 radical (unpaired) electrons. The predicted octanol–water partition coefficient (Wildman–Crippen LogP) is 1.58. The van der Waals surface area contributed by atoms with E-state index in [1.165, 1.54) is 15.9 Å². The summed E-state index contributed by atoms with van der Waals surface area (Å²) in [5.41, 5.74) is 3.91. The van der Waals surface area contributed by atoms with Gasteiger partial charge < -0.3 is 5.32 Å². The molecule has 0 fully saturated rings. The summed E-state index contributed by atoms with van der Waals surface area (Å²) in [5, 5.41) is 14.2. The molecule has 0 saturated heterocycles. The lowest BCUT2D eigenvalue weighted by Gasteiger charge is -2.16. The minimum Gasteiger partial charge on any atom is -0.354 e. The fourth-order valence-electron chi connectivity index (χ4n) is 2.44. The molecule has 124 valence electrons. The Kier molecular flexibility index (Phi) is 5.27. The normalized spacial score (nSPS) is 12.0. The Balaban J connectivity index is 1.64. The lowest BCUT2D eigenvalue weighted by atomic mass is 10.1. The molecule has 0 saturated carbocycles. The number of benzene rings is 1. The van der Waals surface area contributed by atoms with Crippen molar-refractivity contribution in [2.45, 2.75) is 25.8 Å². The van der Waals surface area contributed by atoms with E-state index in [-0.39, 0.29) is 5.91 Å². The van der Waals surface area contributed by atoms with Crippen molar-refractivity contribution in [2.24, 2.45) is 0 Å². The van der Waals surface area contributed by atoms with E-state index < -0.39 is 6.04 Å². The Hall–Kier alpha value is -2.61. The van der Waals surface area contributed by atoms with Gasteiger partial charge in [-0.15, -0.1) is 16.4 Å². The number of thiazole rings is 1. The number of carbonyl (C=O) groups excluding carboxylic acids is 1. The summed E-state index contributed by atoms with van der Waals surface area (Å²) in [6, 6.07) is 9.38. The number of aryl methyl sites for hydroxylation is 1. The molecule has 1 aromatic carbocycles. The smallest absolute Gasteiger partial charge is 0.245 e. The van der Waals surface area contributed by atoms with Gasteiger partial charge in [-0.25, -0.2) is 9.67 Å². The first kappa shape index (κ1) is 16.3. The molecule has 3 aromatic rings. The van der Waals surface area contributed by atoms with Gasteiger partial charge in [0.15, 0.2) is 0 Å². The van der Waals surface area contributed by atoms with Gasteiger partial charge in [-0.05, 0) is 22.9 Å². The van der Waals surface area contributed by atoms with Gasteiger partial charge in [0.1, 0.15) is 12.4 Å². The lowest BCUT2D eigenvalue weighted by Crippen LogP contribution is -2.35. The minimum atomic E-state index is -0.468. The summed E-state index contributed by atoms with van der Waals surface area (Å²) in [7, 11) is 0. The number of tetrazole rings is 1. The second-order valence-electron chi connectivity index (χ2n) is 5.40. The van der Waals surface area contributed by atoms with E-state index in [2.05, 4.69) is 25.8 Å². The second kappa shape index (κ2) is 7.78. The Morgan fingerprint density at radius 3 is 2.83 bits per heavy atom. The van der Waals surface area contributed by atoms with Crippen LogP contribution < -0.4 is 5.32 Å². The maximum absolute atomic E-state index is 12.6. The lowest BCUT2D eigenvalue weighted by molar-refractivity contribution is -0.124. The van der Waals surface area contributed by atoms with E-state index in [9.17, 15) is 4.79 Å². The zero-order chi connectivity index (χ0) is 16.8. The third-order valence-electron chi connectivity index (χ3n) is 3.75. The fourth-order valence-corrected chi connectivity index (χ4v) is 3.22. The number of carbonyl (C=O) groups is 1. The molecular weight excluding hydrogens is 324 g/mol. The molecule has 1 atom stereocenters. The van der Waals surface area contributed by atoms with Crippen molar-refractivity contribution in [3.05, 3.63) is 58.3 Å². The largest absolute Gasteiger partial charge is 0.354 e. The van der Waals surface area contributed by atoms with Gasteiger partial charge in [-0.1, -0.05) is 30.3 Å². The van der Waals surface area contributed by atoms with Gasteiger partial charge in [-0.3, -0.25) is 4.79 Å². The van der Waals surface area contributed by atoms with Crippen LogP contribution in [0.5, 0.6) is 0 Å². The van der Waals surface area contributed by atoms with Crippen LogP contribution in [0.2, 0.25) is 0 Å². The van der Waals surface area contributed by atoms with Gasteiger partial charge in [-0.2, -0.15) is 0 Å². The van der Waals surface area contributed by atoms with Crippen molar-refractivity contribution in [1.82, 2.24) is 30.5 Å². The Morgan fingerprint density at radius 1 is 1.33 bits per heavy atom. The van der Waals surface area contributed by atoms with Crippen LogP contribution in [-0.2, 0) is 17.6 Å². The fraction of sp³-hybridized carbons (Fsp3) is 0.312. The zero-order valence-corrected chi connectivity index (χ0v) is 14.1. The Labute approximate surface area is 143 Å². The van der Waals surface area contributed by atoms with Crippen molar-refractivity contribution in [1.29, 1.82) is 0 Å². The van der Waals surface area contributed by atoms with Crippen LogP contribution in [0.3, 0.4) is 0 Å². The molecule has 0 spiro atoms. The molecule has 0 bridgehead atoms. The SMILES string of the molecule is Cc1ncsc1CCNC(=O)C(Cc1ccccc1)n1cnnn1. The monoisotopic (exact) mass is 342 g/mol. The molecule has 2 aromatic heterocycles. The van der Waals surface area contributed by atoms with Crippen molar-refractivity contribution in [2.75, 3.05) is 6.54 Å². The zero-order valence-electron chi connectivity index (χ0n) is 13.3. The van der Waals surface area contributed by atoms with Crippen LogP contribution in [0.15, 0.2) is 42.2 Å². The molecule has 2 heterocycles. The molecule has 3 rings (SSSR count). The van der Waals surface area contributed by atoms with E-state index in [0.29, 0.717) is 13.0 Å². The number of aromatic nitrogens is 5. The molecule has 0 aliphatic carbocycles. The second-order valence-corrected chi connectivity index (χ2v) is 6.34. The highest BCUT2D eigenvalue weighted by molar-refractivity contribution is 7.09. The Morgan fingerprint density at radius 2 is 2.17 bits per heavy atom. The average molecular weight is 342 g/mol. The van der Waals surface area contributed by atoms with Crippen LogP contribution in [0.1, 0.15) is 22.2 Å². The standard InChI is InChI=1S/C16H18N6OS/c1-12-15(24-11-18-12)7-8-17-16(23)14(22-10-19-20-21-22)9-13-5-3-2-4-6-13/h2-6,10-11,14H,7-9H2,1H3,(H,17,23). The van der Waals surface area contributed by atoms with E-state index in [1.54, 1.807) is 11.3 Å². The molecule has 8 heteroatoms. The number of nitrogens with one attached hydrogen (secondary N) is 1. The average Bonchev–Trinajstić information content (AvgIpc) is 3.26. The molecule has 1 N–H and O–H groups in total. The highest BCUT2D eigenvalue weighted by Gasteiger charge is 2.22. The first-order valence-corrected chi connectivity index (χ1v) is 8.55. The number of amides is 1. The molecular formula is C16H18N6OS. The predicted molar refractivity (Wildman–Crippen MR) is 90.6 cm³/mol. The third kappa shape index (κ3) is 4.02. The number of rotatable bonds is 7. The summed E-state index contributed by atoms with van der Waals surface area (Å²) in [6.45, 7) is 2.54. The van der Waals surface area contributed by atoms with Crippen LogP contribution in [0.25, 0.3) is 0 Å². The van der Waals surface area contributed by atoms with Crippen molar-refractivity contribution in [3.8, 4) is 0 Å². The first-order valence-electron chi connectivity index (χ1n) is 7.67. The number of hydrogen-bond donors (Lipinski definition) is 1. The van der Waals surface area contributed by atoms with Crippen LogP contribution >= 0.6 is 11.3 Å². The third-order valence-corrected chi connectivity index (χ3v) is 4.75. The van der Waals surface area contributed by atoms with E-state index >= 15 is 0 Å². The van der Waals surface area contributed by atoms with Crippen LogP contribution in [-0.4, -0.2) is 37.6 Å². The van der Waals surface area contributed by atoms with Crippen LogP contribution in [0, 0.1) is 6.92 Å². The minimum absolute atomic E-state index is 0.0895. The Bertz CT molecular complexity index is 771. The molecule has 1 unspecified atom stereocenters. The first-order chi connectivity index (χ1) is 11.7. The van der Waals surface area contributed by atoms with Crippen molar-refractivity contribution in [3.63, 3.8) is 0 Å². The van der Waals surface area contributed by atoms with Gasteiger partial charge in [0.25, 0.3) is 0 Å². The van der Waals surface area contributed by atoms with Gasteiger partial charge in [0.2, 0.25) is 5.91 Å². The van der Waals surface area contributed by atoms with E-state index in [0.717, 1.165) is 17.7 Å². The summed E-state index contributed by atoms with van der Waals surface area (Å²) in [5.74, 6) is -0.0895. The summed E-state index contributed by atoms with van der Waals surface area (Å²) in [6.07, 6.45) is 2.79. The summed E-state index contributed by atoms with van der Waals surface area (Å²) in [4.78, 5) is 18.0. The molecule has 7 nitrogen and oxygen atoms in total.